The Balaban J connectivity index is 2.65. The number of nitrogens with two attached hydrogens (primary N) is 1. The predicted octanol–water partition coefficient (Wildman–Crippen LogP) is 2.08. The van der Waals surface area contributed by atoms with Crippen LogP contribution in [0, 0.1) is 0 Å². The number of nitrogens with one attached hydrogen (secondary N) is 1. The van der Waals surface area contributed by atoms with Gasteiger partial charge in [0.2, 0.25) is 0 Å². The van der Waals surface area contributed by atoms with Crippen molar-refractivity contribution >= 4 is 5.91 Å². The van der Waals surface area contributed by atoms with Gasteiger partial charge in [0.1, 0.15) is 0 Å². The molecule has 1 rings (SSSR count). The van der Waals surface area contributed by atoms with Gasteiger partial charge in [0.15, 0.2) is 0 Å². The molecule has 0 aliphatic rings. The molecule has 1 aromatic carbocycles. The van der Waals surface area contributed by atoms with Crippen LogP contribution in [-0.4, -0.2) is 32.2 Å². The molecule has 1 amide bonds. The largest absolute Gasteiger partial charge is 0.383 e. The maximum atomic E-state index is 12.3. The summed E-state index contributed by atoms with van der Waals surface area (Å²) in [6, 6.07) is 7.68. The summed E-state index contributed by atoms with van der Waals surface area (Å²) in [7, 11) is 1.62. The van der Waals surface area contributed by atoms with Crippen LogP contribution < -0.4 is 11.1 Å². The zero-order chi connectivity index (χ0) is 15.2. The molecular weight excluding hydrogens is 252 g/mol. The van der Waals surface area contributed by atoms with Crippen molar-refractivity contribution in [2.75, 3.05) is 20.3 Å². The fourth-order valence-corrected chi connectivity index (χ4v) is 2.10. The van der Waals surface area contributed by atoms with Crippen LogP contribution in [0.1, 0.15) is 43.1 Å². The summed E-state index contributed by atoms with van der Waals surface area (Å²) >= 11 is 0. The Labute approximate surface area is 121 Å². The van der Waals surface area contributed by atoms with Crippen LogP contribution in [0.15, 0.2) is 24.3 Å². The average molecular weight is 278 g/mol. The van der Waals surface area contributed by atoms with Gasteiger partial charge in [-0.1, -0.05) is 39.0 Å². The maximum absolute atomic E-state index is 12.3. The molecule has 1 unspecified atom stereocenters. The van der Waals surface area contributed by atoms with Gasteiger partial charge in [-0.05, 0) is 23.5 Å². The normalized spacial score (nSPS) is 13.1. The van der Waals surface area contributed by atoms with E-state index in [2.05, 4.69) is 26.1 Å². The predicted molar refractivity (Wildman–Crippen MR) is 81.9 cm³/mol. The molecule has 112 valence electrons. The van der Waals surface area contributed by atoms with Gasteiger partial charge in [0.05, 0.1) is 6.61 Å². The fourth-order valence-electron chi connectivity index (χ4n) is 2.10. The summed E-state index contributed by atoms with van der Waals surface area (Å²) in [5, 5.41) is 2.93. The Kier molecular flexibility index (Phi) is 6.17. The standard InChI is InChI=1S/C16H26N2O2/c1-16(2,3)14-8-6-5-7-13(14)15(19)18-10-9-12(17)11-20-4/h5-8,12H,9-11,17H2,1-4H3,(H,18,19). The SMILES string of the molecule is COCC(N)CCNC(=O)c1ccccc1C(C)(C)C. The van der Waals surface area contributed by atoms with Crippen molar-refractivity contribution in [1.82, 2.24) is 5.32 Å². The van der Waals surface area contributed by atoms with Gasteiger partial charge in [0, 0.05) is 25.3 Å². The van der Waals surface area contributed by atoms with Crippen LogP contribution in [0.3, 0.4) is 0 Å². The number of ether oxygens (including phenoxy) is 1. The van der Waals surface area contributed by atoms with E-state index in [0.717, 1.165) is 11.1 Å². The van der Waals surface area contributed by atoms with E-state index in [0.29, 0.717) is 19.6 Å². The molecule has 0 saturated heterocycles. The minimum atomic E-state index is -0.0552. The maximum Gasteiger partial charge on any atom is 0.251 e. The van der Waals surface area contributed by atoms with Crippen LogP contribution in [0.5, 0.6) is 0 Å². The van der Waals surface area contributed by atoms with Crippen molar-refractivity contribution in [2.45, 2.75) is 38.6 Å². The Morgan fingerprint density at radius 1 is 1.35 bits per heavy atom. The van der Waals surface area contributed by atoms with E-state index < -0.39 is 0 Å². The van der Waals surface area contributed by atoms with E-state index in [4.69, 9.17) is 10.5 Å². The first-order valence-electron chi connectivity index (χ1n) is 6.98. The molecule has 0 aliphatic carbocycles. The van der Waals surface area contributed by atoms with E-state index in [1.54, 1.807) is 7.11 Å². The molecule has 0 aliphatic heterocycles. The third-order valence-electron chi connectivity index (χ3n) is 3.16. The summed E-state index contributed by atoms with van der Waals surface area (Å²) < 4.78 is 4.97. The molecule has 1 atom stereocenters. The van der Waals surface area contributed by atoms with E-state index in [-0.39, 0.29) is 17.4 Å². The van der Waals surface area contributed by atoms with Crippen LogP contribution in [-0.2, 0) is 10.2 Å². The Hall–Kier alpha value is -1.39. The molecule has 0 heterocycles. The first-order chi connectivity index (χ1) is 9.36. The van der Waals surface area contributed by atoms with Crippen molar-refractivity contribution < 1.29 is 9.53 Å². The highest BCUT2D eigenvalue weighted by Crippen LogP contribution is 2.25. The monoisotopic (exact) mass is 278 g/mol. The van der Waals surface area contributed by atoms with E-state index >= 15 is 0 Å². The summed E-state index contributed by atoms with van der Waals surface area (Å²) in [6.07, 6.45) is 0.706. The lowest BCUT2D eigenvalue weighted by atomic mass is 9.83. The molecule has 0 bridgehead atoms. The lowest BCUT2D eigenvalue weighted by molar-refractivity contribution is 0.0948. The second-order valence-electron chi connectivity index (χ2n) is 6.06. The number of benzene rings is 1. The summed E-state index contributed by atoms with van der Waals surface area (Å²) in [4.78, 5) is 12.3. The summed E-state index contributed by atoms with van der Waals surface area (Å²) in [6.45, 7) is 7.38. The Bertz CT molecular complexity index is 438. The molecular formula is C16H26N2O2. The highest BCUT2D eigenvalue weighted by Gasteiger charge is 2.20. The van der Waals surface area contributed by atoms with Crippen LogP contribution in [0.4, 0.5) is 0 Å². The first-order valence-corrected chi connectivity index (χ1v) is 6.98. The molecule has 0 fully saturated rings. The van der Waals surface area contributed by atoms with Crippen molar-refractivity contribution in [2.24, 2.45) is 5.73 Å². The molecule has 4 nitrogen and oxygen atoms in total. The smallest absolute Gasteiger partial charge is 0.251 e. The highest BCUT2D eigenvalue weighted by molar-refractivity contribution is 5.96. The Morgan fingerprint density at radius 3 is 2.60 bits per heavy atom. The molecule has 1 aromatic rings. The first kappa shape index (κ1) is 16.7. The van der Waals surface area contributed by atoms with Crippen molar-refractivity contribution in [3.05, 3.63) is 35.4 Å². The van der Waals surface area contributed by atoms with E-state index in [9.17, 15) is 4.79 Å². The number of rotatable bonds is 6. The number of hydrogen-bond acceptors (Lipinski definition) is 3. The zero-order valence-electron chi connectivity index (χ0n) is 12.9. The zero-order valence-corrected chi connectivity index (χ0v) is 12.9. The van der Waals surface area contributed by atoms with Crippen LogP contribution in [0.2, 0.25) is 0 Å². The fraction of sp³-hybridized carbons (Fsp3) is 0.562. The third-order valence-corrected chi connectivity index (χ3v) is 3.16. The second-order valence-corrected chi connectivity index (χ2v) is 6.06. The third kappa shape index (κ3) is 4.94. The van der Waals surface area contributed by atoms with Gasteiger partial charge in [-0.2, -0.15) is 0 Å². The number of carbonyl (C=O) groups is 1. The minimum absolute atomic E-state index is 0.0415. The molecule has 3 N–H and O–H groups in total. The van der Waals surface area contributed by atoms with Gasteiger partial charge < -0.3 is 15.8 Å². The second kappa shape index (κ2) is 7.41. The van der Waals surface area contributed by atoms with Gasteiger partial charge in [-0.3, -0.25) is 4.79 Å². The highest BCUT2D eigenvalue weighted by atomic mass is 16.5. The van der Waals surface area contributed by atoms with Crippen LogP contribution in [0.25, 0.3) is 0 Å². The molecule has 4 heteroatoms. The number of hydrogen-bond donors (Lipinski definition) is 2. The summed E-state index contributed by atoms with van der Waals surface area (Å²) in [5.41, 5.74) is 7.57. The lowest BCUT2D eigenvalue weighted by Crippen LogP contribution is -2.33. The van der Waals surface area contributed by atoms with Gasteiger partial charge in [0.25, 0.3) is 5.91 Å². The van der Waals surface area contributed by atoms with E-state index in [1.165, 1.54) is 0 Å². The minimum Gasteiger partial charge on any atom is -0.383 e. The number of amides is 1. The quantitative estimate of drug-likeness (QED) is 0.837. The number of carbonyl (C=O) groups excluding carboxylic acids is 1. The number of methoxy groups -OCH3 is 1. The summed E-state index contributed by atoms with van der Waals surface area (Å²) in [5.74, 6) is -0.0415. The molecule has 0 radical (unpaired) electrons. The Morgan fingerprint density at radius 2 is 2.00 bits per heavy atom. The molecule has 0 spiro atoms. The van der Waals surface area contributed by atoms with Crippen LogP contribution >= 0.6 is 0 Å². The topological polar surface area (TPSA) is 64.3 Å². The van der Waals surface area contributed by atoms with Crippen molar-refractivity contribution in [3.63, 3.8) is 0 Å². The van der Waals surface area contributed by atoms with Gasteiger partial charge >= 0.3 is 0 Å². The van der Waals surface area contributed by atoms with Crippen molar-refractivity contribution in [1.29, 1.82) is 0 Å². The molecule has 0 aromatic heterocycles. The van der Waals surface area contributed by atoms with Gasteiger partial charge in [-0.25, -0.2) is 0 Å². The molecule has 0 saturated carbocycles. The van der Waals surface area contributed by atoms with E-state index in [1.807, 2.05) is 24.3 Å². The lowest BCUT2D eigenvalue weighted by Gasteiger charge is -2.22. The van der Waals surface area contributed by atoms with Crippen molar-refractivity contribution in [3.8, 4) is 0 Å². The van der Waals surface area contributed by atoms with Gasteiger partial charge in [-0.15, -0.1) is 0 Å². The molecule has 20 heavy (non-hydrogen) atoms. The average Bonchev–Trinajstić information content (AvgIpc) is 2.38.